The Bertz CT molecular complexity index is 464. The maximum atomic E-state index is 13.4. The number of aromatic nitrogens is 1. The van der Waals surface area contributed by atoms with Crippen molar-refractivity contribution >= 4 is 5.82 Å². The second-order valence-electron chi connectivity index (χ2n) is 5.85. The summed E-state index contributed by atoms with van der Waals surface area (Å²) in [5.41, 5.74) is 0.968. The molecule has 1 aromatic heterocycles. The molecule has 2 fully saturated rings. The van der Waals surface area contributed by atoms with Crippen molar-refractivity contribution in [3.8, 4) is 0 Å². The van der Waals surface area contributed by atoms with Gasteiger partial charge in [0.1, 0.15) is 11.6 Å². The molecule has 3 rings (SSSR count). The van der Waals surface area contributed by atoms with Gasteiger partial charge in [0.15, 0.2) is 0 Å². The summed E-state index contributed by atoms with van der Waals surface area (Å²) in [4.78, 5) is 6.58. The van der Waals surface area contributed by atoms with E-state index >= 15 is 0 Å². The summed E-state index contributed by atoms with van der Waals surface area (Å²) < 4.78 is 18.7. The van der Waals surface area contributed by atoms with Crippen LogP contribution in [0.5, 0.6) is 0 Å². The molecule has 2 aliphatic rings. The van der Waals surface area contributed by atoms with Crippen molar-refractivity contribution in [2.75, 3.05) is 31.7 Å². The largest absolute Gasteiger partial charge is 0.384 e. The Balaban J connectivity index is 1.70. The SMILES string of the molecule is COCC1CCN(c2ncc(F)cc2CNC2CC2)C1. The molecule has 1 aromatic rings. The van der Waals surface area contributed by atoms with Crippen LogP contribution in [0.2, 0.25) is 0 Å². The summed E-state index contributed by atoms with van der Waals surface area (Å²) in [5.74, 6) is 1.23. The number of nitrogens with one attached hydrogen (secondary N) is 1. The maximum absolute atomic E-state index is 13.4. The zero-order valence-corrected chi connectivity index (χ0v) is 11.9. The number of hydrogen-bond donors (Lipinski definition) is 1. The fourth-order valence-corrected chi connectivity index (χ4v) is 2.83. The lowest BCUT2D eigenvalue weighted by molar-refractivity contribution is 0.161. The van der Waals surface area contributed by atoms with Crippen molar-refractivity contribution in [1.82, 2.24) is 10.3 Å². The van der Waals surface area contributed by atoms with E-state index in [9.17, 15) is 4.39 Å². The predicted molar refractivity (Wildman–Crippen MR) is 76.3 cm³/mol. The van der Waals surface area contributed by atoms with E-state index in [4.69, 9.17) is 4.74 Å². The first kappa shape index (κ1) is 13.8. The summed E-state index contributed by atoms with van der Waals surface area (Å²) >= 11 is 0. The predicted octanol–water partition coefficient (Wildman–Crippen LogP) is 1.95. The Morgan fingerprint density at radius 3 is 3.05 bits per heavy atom. The second kappa shape index (κ2) is 6.06. The van der Waals surface area contributed by atoms with Crippen molar-refractivity contribution in [3.05, 3.63) is 23.6 Å². The van der Waals surface area contributed by atoms with Crippen LogP contribution >= 0.6 is 0 Å². The van der Waals surface area contributed by atoms with E-state index in [0.29, 0.717) is 18.5 Å². The number of hydrogen-bond acceptors (Lipinski definition) is 4. The zero-order valence-electron chi connectivity index (χ0n) is 11.9. The molecule has 1 N–H and O–H groups in total. The molecular formula is C15H22FN3O. The second-order valence-corrected chi connectivity index (χ2v) is 5.85. The van der Waals surface area contributed by atoms with E-state index in [1.54, 1.807) is 13.2 Å². The number of rotatable bonds is 6. The minimum absolute atomic E-state index is 0.256. The molecule has 1 saturated heterocycles. The summed E-state index contributed by atoms with van der Waals surface area (Å²) in [5, 5.41) is 3.44. The average Bonchev–Trinajstić information content (AvgIpc) is 3.16. The third-order valence-electron chi connectivity index (χ3n) is 4.06. The van der Waals surface area contributed by atoms with Gasteiger partial charge in [-0.2, -0.15) is 0 Å². The first-order chi connectivity index (χ1) is 9.76. The molecule has 0 amide bonds. The van der Waals surface area contributed by atoms with Gasteiger partial charge < -0.3 is 15.0 Å². The Hall–Kier alpha value is -1.20. The zero-order chi connectivity index (χ0) is 13.9. The number of anilines is 1. The van der Waals surface area contributed by atoms with Gasteiger partial charge in [-0.15, -0.1) is 0 Å². The molecule has 2 heterocycles. The quantitative estimate of drug-likeness (QED) is 0.863. The highest BCUT2D eigenvalue weighted by Crippen LogP contribution is 2.27. The smallest absolute Gasteiger partial charge is 0.141 e. The molecule has 0 radical (unpaired) electrons. The third kappa shape index (κ3) is 3.27. The van der Waals surface area contributed by atoms with Crippen LogP contribution in [-0.2, 0) is 11.3 Å². The average molecular weight is 279 g/mol. The van der Waals surface area contributed by atoms with Gasteiger partial charge in [0.25, 0.3) is 0 Å². The first-order valence-corrected chi connectivity index (χ1v) is 7.38. The number of halogens is 1. The highest BCUT2D eigenvalue weighted by molar-refractivity contribution is 5.48. The first-order valence-electron chi connectivity index (χ1n) is 7.38. The Morgan fingerprint density at radius 2 is 2.30 bits per heavy atom. The fraction of sp³-hybridized carbons (Fsp3) is 0.667. The molecule has 1 saturated carbocycles. The Kier molecular flexibility index (Phi) is 4.17. The fourth-order valence-electron chi connectivity index (χ4n) is 2.83. The van der Waals surface area contributed by atoms with Gasteiger partial charge in [-0.25, -0.2) is 9.37 Å². The molecular weight excluding hydrogens is 257 g/mol. The molecule has 1 aliphatic carbocycles. The van der Waals surface area contributed by atoms with Crippen LogP contribution in [0.1, 0.15) is 24.8 Å². The lowest BCUT2D eigenvalue weighted by atomic mass is 10.1. The number of methoxy groups -OCH3 is 1. The highest BCUT2D eigenvalue weighted by atomic mass is 19.1. The van der Waals surface area contributed by atoms with Crippen molar-refractivity contribution in [2.24, 2.45) is 5.92 Å². The minimum Gasteiger partial charge on any atom is -0.384 e. The van der Waals surface area contributed by atoms with Gasteiger partial charge in [0, 0.05) is 44.3 Å². The topological polar surface area (TPSA) is 37.4 Å². The van der Waals surface area contributed by atoms with E-state index in [-0.39, 0.29) is 5.82 Å². The van der Waals surface area contributed by atoms with E-state index in [1.165, 1.54) is 19.0 Å². The standard InChI is InChI=1S/C15H22FN3O/c1-20-10-11-4-5-19(9-11)15-12(6-13(16)8-18-15)7-17-14-2-3-14/h6,8,11,14,17H,2-5,7,9-10H2,1H3. The molecule has 5 heteroatoms. The Morgan fingerprint density at radius 1 is 1.45 bits per heavy atom. The van der Waals surface area contributed by atoms with Crippen LogP contribution < -0.4 is 10.2 Å². The number of pyridine rings is 1. The normalized spacial score (nSPS) is 22.5. The van der Waals surface area contributed by atoms with Crippen molar-refractivity contribution in [1.29, 1.82) is 0 Å². The molecule has 1 aliphatic heterocycles. The van der Waals surface area contributed by atoms with Gasteiger partial charge >= 0.3 is 0 Å². The summed E-state index contributed by atoms with van der Waals surface area (Å²) in [6.07, 6.45) is 4.90. The maximum Gasteiger partial charge on any atom is 0.141 e. The van der Waals surface area contributed by atoms with Crippen LogP contribution in [0.4, 0.5) is 10.2 Å². The van der Waals surface area contributed by atoms with Crippen LogP contribution in [0.15, 0.2) is 12.3 Å². The van der Waals surface area contributed by atoms with Crippen LogP contribution in [0.3, 0.4) is 0 Å². The van der Waals surface area contributed by atoms with Gasteiger partial charge in [0.05, 0.1) is 12.8 Å². The van der Waals surface area contributed by atoms with Crippen LogP contribution in [0.25, 0.3) is 0 Å². The van der Waals surface area contributed by atoms with Gasteiger partial charge in [-0.1, -0.05) is 0 Å². The minimum atomic E-state index is -0.256. The monoisotopic (exact) mass is 279 g/mol. The lowest BCUT2D eigenvalue weighted by Crippen LogP contribution is -2.25. The molecule has 4 nitrogen and oxygen atoms in total. The van der Waals surface area contributed by atoms with Crippen LogP contribution in [-0.4, -0.2) is 37.8 Å². The van der Waals surface area contributed by atoms with Crippen molar-refractivity contribution < 1.29 is 9.13 Å². The lowest BCUT2D eigenvalue weighted by Gasteiger charge is -2.21. The number of ether oxygens (including phenoxy) is 1. The third-order valence-corrected chi connectivity index (χ3v) is 4.06. The van der Waals surface area contributed by atoms with Gasteiger partial charge in [-0.3, -0.25) is 0 Å². The molecule has 1 atom stereocenters. The van der Waals surface area contributed by atoms with Crippen LogP contribution in [0, 0.1) is 11.7 Å². The molecule has 0 bridgehead atoms. The molecule has 20 heavy (non-hydrogen) atoms. The van der Waals surface area contributed by atoms with E-state index in [2.05, 4.69) is 15.2 Å². The molecule has 110 valence electrons. The van der Waals surface area contributed by atoms with Crippen molar-refractivity contribution in [3.63, 3.8) is 0 Å². The summed E-state index contributed by atoms with van der Waals surface area (Å²) in [7, 11) is 1.74. The van der Waals surface area contributed by atoms with Gasteiger partial charge in [0.2, 0.25) is 0 Å². The van der Waals surface area contributed by atoms with E-state index in [0.717, 1.165) is 37.5 Å². The molecule has 0 spiro atoms. The van der Waals surface area contributed by atoms with E-state index < -0.39 is 0 Å². The number of nitrogens with zero attached hydrogens (tertiary/aromatic N) is 2. The van der Waals surface area contributed by atoms with Crippen molar-refractivity contribution in [2.45, 2.75) is 31.8 Å². The van der Waals surface area contributed by atoms with Gasteiger partial charge in [-0.05, 0) is 25.3 Å². The Labute approximate surface area is 119 Å². The summed E-state index contributed by atoms with van der Waals surface area (Å²) in [6.45, 7) is 3.41. The molecule has 1 unspecified atom stereocenters. The van der Waals surface area contributed by atoms with E-state index in [1.807, 2.05) is 0 Å². The highest BCUT2D eigenvalue weighted by Gasteiger charge is 2.26. The summed E-state index contributed by atoms with van der Waals surface area (Å²) in [6, 6.07) is 2.23. The molecule has 0 aromatic carbocycles.